The number of carboxylic acid groups (broad SMARTS) is 1. The molecule has 22 heavy (non-hydrogen) atoms. The standard InChI is InChI=1S/C17H15ClO4/c1-10-3-5-12(9-14(10)18)13(17(20)21)7-11-4-6-15(19)16(8-11)22-2/h3-9,19H,1-2H3,(H,20,21)/b13-7-. The summed E-state index contributed by atoms with van der Waals surface area (Å²) in [5.41, 5.74) is 2.09. The van der Waals surface area contributed by atoms with Crippen molar-refractivity contribution < 1.29 is 19.7 Å². The van der Waals surface area contributed by atoms with Gasteiger partial charge in [-0.05, 0) is 47.9 Å². The van der Waals surface area contributed by atoms with E-state index in [-0.39, 0.29) is 17.1 Å². The number of phenolic OH excluding ortho intramolecular Hbond substituents is 1. The Kier molecular flexibility index (Phi) is 4.73. The minimum absolute atomic E-state index is 0.00472. The monoisotopic (exact) mass is 318 g/mol. The molecule has 4 nitrogen and oxygen atoms in total. The van der Waals surface area contributed by atoms with Gasteiger partial charge in [0, 0.05) is 5.02 Å². The molecular weight excluding hydrogens is 304 g/mol. The molecule has 2 rings (SSSR count). The van der Waals surface area contributed by atoms with Gasteiger partial charge in [0.2, 0.25) is 0 Å². The average molecular weight is 319 g/mol. The Balaban J connectivity index is 2.51. The lowest BCUT2D eigenvalue weighted by Crippen LogP contribution is -2.00. The highest BCUT2D eigenvalue weighted by Gasteiger charge is 2.12. The van der Waals surface area contributed by atoms with Crippen molar-refractivity contribution in [1.29, 1.82) is 0 Å². The number of halogens is 1. The van der Waals surface area contributed by atoms with Crippen LogP contribution in [-0.4, -0.2) is 23.3 Å². The smallest absolute Gasteiger partial charge is 0.336 e. The van der Waals surface area contributed by atoms with Crippen molar-refractivity contribution in [1.82, 2.24) is 0 Å². The molecular formula is C17H15ClO4. The van der Waals surface area contributed by atoms with Crippen molar-refractivity contribution in [2.45, 2.75) is 6.92 Å². The Morgan fingerprint density at radius 1 is 1.23 bits per heavy atom. The minimum atomic E-state index is -1.06. The second-order valence-corrected chi connectivity index (χ2v) is 5.17. The molecule has 0 aliphatic rings. The van der Waals surface area contributed by atoms with Crippen LogP contribution in [0.1, 0.15) is 16.7 Å². The van der Waals surface area contributed by atoms with E-state index >= 15 is 0 Å². The second-order valence-electron chi connectivity index (χ2n) is 4.76. The number of carboxylic acids is 1. The van der Waals surface area contributed by atoms with E-state index in [1.807, 2.05) is 6.92 Å². The molecule has 0 spiro atoms. The molecule has 0 heterocycles. The lowest BCUT2D eigenvalue weighted by atomic mass is 10.0. The van der Waals surface area contributed by atoms with Gasteiger partial charge in [-0.3, -0.25) is 0 Å². The number of ether oxygens (including phenoxy) is 1. The average Bonchev–Trinajstić information content (AvgIpc) is 2.49. The molecule has 0 aromatic heterocycles. The highest BCUT2D eigenvalue weighted by molar-refractivity contribution is 6.32. The first-order chi connectivity index (χ1) is 10.4. The molecule has 2 aromatic rings. The third-order valence-corrected chi connectivity index (χ3v) is 3.64. The summed E-state index contributed by atoms with van der Waals surface area (Å²) in [6.07, 6.45) is 1.51. The highest BCUT2D eigenvalue weighted by atomic mass is 35.5. The second kappa shape index (κ2) is 6.54. The molecule has 0 unspecified atom stereocenters. The summed E-state index contributed by atoms with van der Waals surface area (Å²) in [5, 5.41) is 19.5. The van der Waals surface area contributed by atoms with E-state index in [9.17, 15) is 15.0 Å². The fourth-order valence-electron chi connectivity index (χ4n) is 1.98. The zero-order chi connectivity index (χ0) is 16.3. The molecule has 0 bridgehead atoms. The van der Waals surface area contributed by atoms with Crippen LogP contribution in [0.25, 0.3) is 11.6 Å². The minimum Gasteiger partial charge on any atom is -0.504 e. The first kappa shape index (κ1) is 15.9. The molecule has 114 valence electrons. The molecule has 0 aliphatic heterocycles. The van der Waals surface area contributed by atoms with Crippen LogP contribution in [0.5, 0.6) is 11.5 Å². The molecule has 0 aliphatic carbocycles. The third-order valence-electron chi connectivity index (χ3n) is 3.23. The van der Waals surface area contributed by atoms with E-state index < -0.39 is 5.97 Å². The summed E-state index contributed by atoms with van der Waals surface area (Å²) in [5.74, 6) is -0.790. The topological polar surface area (TPSA) is 66.8 Å². The molecule has 0 radical (unpaired) electrons. The van der Waals surface area contributed by atoms with Gasteiger partial charge >= 0.3 is 5.97 Å². The molecule has 0 atom stereocenters. The summed E-state index contributed by atoms with van der Waals surface area (Å²) in [6.45, 7) is 1.85. The molecule has 2 N–H and O–H groups in total. The Morgan fingerprint density at radius 2 is 1.95 bits per heavy atom. The summed E-state index contributed by atoms with van der Waals surface area (Å²) in [6, 6.07) is 9.72. The zero-order valence-electron chi connectivity index (χ0n) is 12.1. The van der Waals surface area contributed by atoms with Gasteiger partial charge in [-0.15, -0.1) is 0 Å². The van der Waals surface area contributed by atoms with Gasteiger partial charge in [0.25, 0.3) is 0 Å². The van der Waals surface area contributed by atoms with E-state index in [1.54, 1.807) is 30.3 Å². The van der Waals surface area contributed by atoms with Crippen molar-refractivity contribution in [3.05, 3.63) is 58.1 Å². The number of aryl methyl sites for hydroxylation is 1. The van der Waals surface area contributed by atoms with Crippen molar-refractivity contribution in [2.75, 3.05) is 7.11 Å². The predicted octanol–water partition coefficient (Wildman–Crippen LogP) is 3.99. The number of hydrogen-bond acceptors (Lipinski definition) is 3. The first-order valence-corrected chi connectivity index (χ1v) is 6.88. The quantitative estimate of drug-likeness (QED) is 0.661. The largest absolute Gasteiger partial charge is 0.504 e. The van der Waals surface area contributed by atoms with Crippen molar-refractivity contribution >= 4 is 29.2 Å². The van der Waals surface area contributed by atoms with Crippen LogP contribution in [0.4, 0.5) is 0 Å². The maximum atomic E-state index is 11.5. The number of methoxy groups -OCH3 is 1. The van der Waals surface area contributed by atoms with Crippen LogP contribution in [0.3, 0.4) is 0 Å². The Bertz CT molecular complexity index is 750. The summed E-state index contributed by atoms with van der Waals surface area (Å²) in [4.78, 5) is 11.5. The molecule has 0 fully saturated rings. The van der Waals surface area contributed by atoms with Gasteiger partial charge < -0.3 is 14.9 Å². The molecule has 0 saturated carbocycles. The Morgan fingerprint density at radius 3 is 2.55 bits per heavy atom. The van der Waals surface area contributed by atoms with Crippen LogP contribution in [-0.2, 0) is 4.79 Å². The van der Waals surface area contributed by atoms with Crippen molar-refractivity contribution in [3.63, 3.8) is 0 Å². The van der Waals surface area contributed by atoms with Crippen LogP contribution in [0.15, 0.2) is 36.4 Å². The molecule has 0 saturated heterocycles. The number of aromatic hydroxyl groups is 1. The lowest BCUT2D eigenvalue weighted by Gasteiger charge is -2.07. The number of hydrogen-bond donors (Lipinski definition) is 2. The summed E-state index contributed by atoms with van der Waals surface area (Å²) < 4.78 is 5.02. The number of benzene rings is 2. The fraction of sp³-hybridized carbons (Fsp3) is 0.118. The Labute approximate surface area is 133 Å². The van der Waals surface area contributed by atoms with E-state index in [2.05, 4.69) is 0 Å². The third kappa shape index (κ3) is 3.40. The summed E-state index contributed by atoms with van der Waals surface area (Å²) in [7, 11) is 1.43. The highest BCUT2D eigenvalue weighted by Crippen LogP contribution is 2.29. The lowest BCUT2D eigenvalue weighted by molar-refractivity contribution is -0.130. The van der Waals surface area contributed by atoms with Crippen LogP contribution < -0.4 is 4.74 Å². The zero-order valence-corrected chi connectivity index (χ0v) is 12.9. The van der Waals surface area contributed by atoms with Crippen LogP contribution in [0, 0.1) is 6.92 Å². The van der Waals surface area contributed by atoms with Gasteiger partial charge in [0.1, 0.15) is 0 Å². The maximum Gasteiger partial charge on any atom is 0.336 e. The first-order valence-electron chi connectivity index (χ1n) is 6.51. The van der Waals surface area contributed by atoms with Crippen LogP contribution in [0.2, 0.25) is 5.02 Å². The van der Waals surface area contributed by atoms with Crippen molar-refractivity contribution in [3.8, 4) is 11.5 Å². The Hall–Kier alpha value is -2.46. The summed E-state index contributed by atoms with van der Waals surface area (Å²) >= 11 is 6.06. The van der Waals surface area contributed by atoms with Crippen molar-refractivity contribution in [2.24, 2.45) is 0 Å². The molecule has 2 aromatic carbocycles. The van der Waals surface area contributed by atoms with E-state index in [0.717, 1.165) is 5.56 Å². The molecule has 0 amide bonds. The normalized spacial score (nSPS) is 11.3. The fourth-order valence-corrected chi connectivity index (χ4v) is 2.16. The maximum absolute atomic E-state index is 11.5. The van der Waals surface area contributed by atoms with Crippen LogP contribution >= 0.6 is 11.6 Å². The number of phenols is 1. The van der Waals surface area contributed by atoms with Gasteiger partial charge in [-0.1, -0.05) is 29.8 Å². The SMILES string of the molecule is COc1cc(/C=C(\C(=O)O)c2ccc(C)c(Cl)c2)ccc1O. The van der Waals surface area contributed by atoms with E-state index in [0.29, 0.717) is 16.1 Å². The number of aliphatic carboxylic acids is 1. The van der Waals surface area contributed by atoms with Gasteiger partial charge in [-0.2, -0.15) is 0 Å². The van der Waals surface area contributed by atoms with Gasteiger partial charge in [0.05, 0.1) is 12.7 Å². The van der Waals surface area contributed by atoms with E-state index in [4.69, 9.17) is 16.3 Å². The van der Waals surface area contributed by atoms with Gasteiger partial charge in [-0.25, -0.2) is 4.79 Å². The van der Waals surface area contributed by atoms with E-state index in [1.165, 1.54) is 19.3 Å². The number of carbonyl (C=O) groups is 1. The number of rotatable bonds is 4. The molecule has 5 heteroatoms. The predicted molar refractivity (Wildman–Crippen MR) is 86.4 cm³/mol. The van der Waals surface area contributed by atoms with Gasteiger partial charge in [0.15, 0.2) is 11.5 Å².